The van der Waals surface area contributed by atoms with Gasteiger partial charge in [0.15, 0.2) is 0 Å². The normalized spacial score (nSPS) is 12.7. The van der Waals surface area contributed by atoms with E-state index in [1.54, 1.807) is 6.20 Å². The van der Waals surface area contributed by atoms with E-state index in [0.717, 1.165) is 11.3 Å². The maximum Gasteiger partial charge on any atom is 0.0986 e. The Labute approximate surface area is 102 Å². The molecule has 1 heterocycles. The molecule has 0 radical (unpaired) electrons. The maximum atomic E-state index is 10.2. The monoisotopic (exact) mass is 230 g/mol. The van der Waals surface area contributed by atoms with E-state index in [4.69, 9.17) is 0 Å². The largest absolute Gasteiger partial charge is 0.386 e. The fourth-order valence-electron chi connectivity index (χ4n) is 2.06. The highest BCUT2D eigenvalue weighted by molar-refractivity contribution is 5.29. The van der Waals surface area contributed by atoms with Gasteiger partial charge >= 0.3 is 0 Å². The van der Waals surface area contributed by atoms with Gasteiger partial charge in [0, 0.05) is 11.9 Å². The predicted octanol–water partition coefficient (Wildman–Crippen LogP) is 2.54. The van der Waals surface area contributed by atoms with Crippen molar-refractivity contribution in [3.05, 3.63) is 52.8 Å². The van der Waals surface area contributed by atoms with Crippen LogP contribution in [0.4, 0.5) is 0 Å². The van der Waals surface area contributed by atoms with Crippen molar-refractivity contribution in [3.8, 4) is 0 Å². The molecule has 90 valence electrons. The standard InChI is InChI=1S/C14H18N2O/c1-10-6-11(2)8-13(7-10)14(17)9-16-12(3)4-5-15-16/h4-8,14,17H,9H2,1-3H3. The van der Waals surface area contributed by atoms with Crippen LogP contribution in [0.25, 0.3) is 0 Å². The molecule has 2 aromatic rings. The van der Waals surface area contributed by atoms with Crippen molar-refractivity contribution in [1.29, 1.82) is 0 Å². The first-order valence-electron chi connectivity index (χ1n) is 5.81. The van der Waals surface area contributed by atoms with E-state index in [1.807, 2.05) is 43.7 Å². The SMILES string of the molecule is Cc1cc(C)cc(C(O)Cn2nccc2C)c1. The highest BCUT2D eigenvalue weighted by Gasteiger charge is 2.10. The van der Waals surface area contributed by atoms with Gasteiger partial charge in [-0.1, -0.05) is 29.3 Å². The molecule has 0 aliphatic rings. The van der Waals surface area contributed by atoms with Gasteiger partial charge in [-0.3, -0.25) is 4.68 Å². The molecule has 0 saturated carbocycles. The second-order valence-corrected chi connectivity index (χ2v) is 4.59. The van der Waals surface area contributed by atoms with Crippen molar-refractivity contribution < 1.29 is 5.11 Å². The van der Waals surface area contributed by atoms with Crippen LogP contribution >= 0.6 is 0 Å². The summed E-state index contributed by atoms with van der Waals surface area (Å²) in [4.78, 5) is 0. The summed E-state index contributed by atoms with van der Waals surface area (Å²) < 4.78 is 1.82. The quantitative estimate of drug-likeness (QED) is 0.880. The summed E-state index contributed by atoms with van der Waals surface area (Å²) in [5.41, 5.74) is 4.37. The first-order valence-corrected chi connectivity index (χ1v) is 5.81. The van der Waals surface area contributed by atoms with Crippen molar-refractivity contribution in [2.24, 2.45) is 0 Å². The third-order valence-electron chi connectivity index (χ3n) is 2.90. The van der Waals surface area contributed by atoms with Crippen LogP contribution in [0.5, 0.6) is 0 Å². The minimum atomic E-state index is -0.507. The molecule has 3 heteroatoms. The summed E-state index contributed by atoms with van der Waals surface area (Å²) in [5.74, 6) is 0. The smallest absolute Gasteiger partial charge is 0.0986 e. The van der Waals surface area contributed by atoms with Crippen LogP contribution < -0.4 is 0 Å². The molecule has 3 nitrogen and oxygen atoms in total. The van der Waals surface area contributed by atoms with Gasteiger partial charge in [-0.25, -0.2) is 0 Å². The number of aromatic nitrogens is 2. The van der Waals surface area contributed by atoms with Crippen LogP contribution in [0, 0.1) is 20.8 Å². The van der Waals surface area contributed by atoms with E-state index in [-0.39, 0.29) is 0 Å². The number of hydrogen-bond donors (Lipinski definition) is 1. The molecule has 0 amide bonds. The zero-order valence-electron chi connectivity index (χ0n) is 10.5. The van der Waals surface area contributed by atoms with Gasteiger partial charge in [0.25, 0.3) is 0 Å². The zero-order valence-corrected chi connectivity index (χ0v) is 10.5. The van der Waals surface area contributed by atoms with Gasteiger partial charge < -0.3 is 5.11 Å². The van der Waals surface area contributed by atoms with E-state index in [0.29, 0.717) is 6.54 Å². The summed E-state index contributed by atoms with van der Waals surface area (Å²) in [5, 5.41) is 14.4. The fraction of sp³-hybridized carbons (Fsp3) is 0.357. The first kappa shape index (κ1) is 11.9. The van der Waals surface area contributed by atoms with Crippen LogP contribution in [0.1, 0.15) is 28.5 Å². The Hall–Kier alpha value is -1.61. The van der Waals surface area contributed by atoms with E-state index >= 15 is 0 Å². The molecule has 0 aliphatic heterocycles. The molecule has 1 atom stereocenters. The lowest BCUT2D eigenvalue weighted by molar-refractivity contribution is 0.150. The molecule has 1 aromatic carbocycles. The van der Waals surface area contributed by atoms with Crippen molar-refractivity contribution >= 4 is 0 Å². The number of aliphatic hydroxyl groups is 1. The lowest BCUT2D eigenvalue weighted by Gasteiger charge is -2.14. The summed E-state index contributed by atoms with van der Waals surface area (Å²) in [7, 11) is 0. The van der Waals surface area contributed by atoms with Crippen molar-refractivity contribution in [1.82, 2.24) is 9.78 Å². The fourth-order valence-corrected chi connectivity index (χ4v) is 2.06. The number of benzene rings is 1. The van der Waals surface area contributed by atoms with Crippen LogP contribution in [-0.4, -0.2) is 14.9 Å². The average molecular weight is 230 g/mol. The molecule has 1 N–H and O–H groups in total. The van der Waals surface area contributed by atoms with E-state index in [2.05, 4.69) is 11.2 Å². The lowest BCUT2D eigenvalue weighted by Crippen LogP contribution is -2.11. The highest BCUT2D eigenvalue weighted by Crippen LogP contribution is 2.18. The van der Waals surface area contributed by atoms with Gasteiger partial charge in [0.05, 0.1) is 12.6 Å². The molecule has 1 unspecified atom stereocenters. The molecule has 0 fully saturated rings. The third kappa shape index (κ3) is 2.74. The van der Waals surface area contributed by atoms with Gasteiger partial charge in [-0.15, -0.1) is 0 Å². The molecule has 0 bridgehead atoms. The molecule has 0 saturated heterocycles. The van der Waals surface area contributed by atoms with E-state index in [9.17, 15) is 5.11 Å². The van der Waals surface area contributed by atoms with Crippen molar-refractivity contribution in [2.75, 3.05) is 0 Å². The Morgan fingerprint density at radius 3 is 2.35 bits per heavy atom. The summed E-state index contributed by atoms with van der Waals surface area (Å²) in [6.45, 7) is 6.58. The van der Waals surface area contributed by atoms with E-state index in [1.165, 1.54) is 11.1 Å². The molecule has 0 spiro atoms. The van der Waals surface area contributed by atoms with Gasteiger partial charge in [-0.05, 0) is 32.4 Å². The van der Waals surface area contributed by atoms with Crippen LogP contribution in [0.3, 0.4) is 0 Å². The van der Waals surface area contributed by atoms with Gasteiger partial charge in [-0.2, -0.15) is 5.10 Å². The Morgan fingerprint density at radius 1 is 1.18 bits per heavy atom. The first-order chi connectivity index (χ1) is 8.06. The maximum absolute atomic E-state index is 10.2. The molecule has 1 aromatic heterocycles. The predicted molar refractivity (Wildman–Crippen MR) is 67.8 cm³/mol. The minimum absolute atomic E-state index is 0.502. The molecule has 17 heavy (non-hydrogen) atoms. The third-order valence-corrected chi connectivity index (χ3v) is 2.90. The average Bonchev–Trinajstić information content (AvgIpc) is 2.63. The zero-order chi connectivity index (χ0) is 12.4. The van der Waals surface area contributed by atoms with Crippen molar-refractivity contribution in [2.45, 2.75) is 33.4 Å². The summed E-state index contributed by atoms with van der Waals surface area (Å²) in [6, 6.07) is 8.09. The molecular weight excluding hydrogens is 212 g/mol. The number of aliphatic hydroxyl groups excluding tert-OH is 1. The number of rotatable bonds is 3. The molecule has 0 aliphatic carbocycles. The van der Waals surface area contributed by atoms with Crippen LogP contribution in [0.2, 0.25) is 0 Å². The summed E-state index contributed by atoms with van der Waals surface area (Å²) >= 11 is 0. The highest BCUT2D eigenvalue weighted by atomic mass is 16.3. The van der Waals surface area contributed by atoms with Gasteiger partial charge in [0.2, 0.25) is 0 Å². The number of aryl methyl sites for hydroxylation is 3. The topological polar surface area (TPSA) is 38.0 Å². The molecule has 2 rings (SSSR count). The van der Waals surface area contributed by atoms with Crippen LogP contribution in [0.15, 0.2) is 30.5 Å². The Morgan fingerprint density at radius 2 is 1.82 bits per heavy atom. The minimum Gasteiger partial charge on any atom is -0.386 e. The van der Waals surface area contributed by atoms with Gasteiger partial charge in [0.1, 0.15) is 0 Å². The summed E-state index contributed by atoms with van der Waals surface area (Å²) in [6.07, 6.45) is 1.25. The van der Waals surface area contributed by atoms with Crippen LogP contribution in [-0.2, 0) is 6.54 Å². The number of hydrogen-bond acceptors (Lipinski definition) is 2. The Kier molecular flexibility index (Phi) is 3.29. The van der Waals surface area contributed by atoms with E-state index < -0.39 is 6.10 Å². The molecular formula is C14H18N2O. The van der Waals surface area contributed by atoms with Crippen molar-refractivity contribution in [3.63, 3.8) is 0 Å². The lowest BCUT2D eigenvalue weighted by atomic mass is 10.0. The Balaban J connectivity index is 2.20. The Bertz CT molecular complexity index is 496. The number of nitrogens with zero attached hydrogens (tertiary/aromatic N) is 2. The second kappa shape index (κ2) is 4.72. The second-order valence-electron chi connectivity index (χ2n) is 4.59.